The molecule has 0 bridgehead atoms. The number of pyridine rings is 2. The van der Waals surface area contributed by atoms with Crippen LogP contribution < -0.4 is 10.9 Å². The monoisotopic (exact) mass is 532 g/mol. The Morgan fingerprint density at radius 1 is 0.525 bits per heavy atom. The molecule has 2 N–H and O–H groups in total. The van der Waals surface area contributed by atoms with Crippen LogP contribution in [0.25, 0.3) is 0 Å². The minimum atomic E-state index is -0.145. The molecule has 8 nitrogen and oxygen atoms in total. The summed E-state index contributed by atoms with van der Waals surface area (Å²) in [6, 6.07) is 26.9. The predicted molar refractivity (Wildman–Crippen MR) is 157 cm³/mol. The van der Waals surface area contributed by atoms with Gasteiger partial charge in [0.25, 0.3) is 0 Å². The summed E-state index contributed by atoms with van der Waals surface area (Å²) in [6.07, 6.45) is 10.7. The number of hydrazone groups is 2. The molecule has 4 rings (SSSR count). The Balaban J connectivity index is 1.19. The van der Waals surface area contributed by atoms with Crippen LogP contribution in [-0.2, 0) is 9.59 Å². The maximum Gasteiger partial charge on any atom is 0.240 e. The molecule has 0 aliphatic rings. The van der Waals surface area contributed by atoms with E-state index in [1.807, 2.05) is 84.9 Å². The molecule has 0 radical (unpaired) electrons. The number of amides is 2. The number of benzene rings is 2. The molecule has 0 fully saturated rings. The number of rotatable bonds is 13. The van der Waals surface area contributed by atoms with Gasteiger partial charge in [0.2, 0.25) is 11.8 Å². The van der Waals surface area contributed by atoms with Crippen LogP contribution in [0.3, 0.4) is 0 Å². The van der Waals surface area contributed by atoms with Gasteiger partial charge in [-0.1, -0.05) is 73.5 Å². The molecule has 0 unspecified atom stereocenters. The average molecular weight is 533 g/mol. The van der Waals surface area contributed by atoms with Gasteiger partial charge in [-0.15, -0.1) is 0 Å². The van der Waals surface area contributed by atoms with Gasteiger partial charge in [-0.25, -0.2) is 10.9 Å². The molecule has 2 heterocycles. The Bertz CT molecular complexity index is 1220. The average Bonchev–Trinajstić information content (AvgIpc) is 3.01. The fraction of sp³-hybridized carbons (Fsp3) is 0.188. The second-order valence-corrected chi connectivity index (χ2v) is 9.12. The largest absolute Gasteiger partial charge is 0.273 e. The van der Waals surface area contributed by atoms with Crippen molar-refractivity contribution in [2.45, 2.75) is 38.5 Å². The van der Waals surface area contributed by atoms with E-state index < -0.39 is 0 Å². The van der Waals surface area contributed by atoms with E-state index >= 15 is 0 Å². The van der Waals surface area contributed by atoms with Crippen molar-refractivity contribution in [1.82, 2.24) is 20.8 Å². The van der Waals surface area contributed by atoms with Crippen LogP contribution in [0.15, 0.2) is 120 Å². The zero-order valence-corrected chi connectivity index (χ0v) is 22.2. The second kappa shape index (κ2) is 15.4. The van der Waals surface area contributed by atoms with Gasteiger partial charge < -0.3 is 0 Å². The molecule has 0 saturated carbocycles. The maximum absolute atomic E-state index is 12.4. The van der Waals surface area contributed by atoms with E-state index in [2.05, 4.69) is 31.0 Å². The molecule has 2 aromatic heterocycles. The number of hydrogen-bond acceptors (Lipinski definition) is 6. The van der Waals surface area contributed by atoms with Crippen molar-refractivity contribution in [3.8, 4) is 0 Å². The molecule has 0 atom stereocenters. The van der Waals surface area contributed by atoms with Crippen molar-refractivity contribution in [2.75, 3.05) is 0 Å². The number of carbonyl (C=O) groups is 2. The molecule has 0 saturated heterocycles. The Kier molecular flexibility index (Phi) is 10.8. The van der Waals surface area contributed by atoms with Gasteiger partial charge in [-0.05, 0) is 37.1 Å². The molecule has 2 amide bonds. The van der Waals surface area contributed by atoms with Crippen LogP contribution in [-0.4, -0.2) is 33.2 Å². The molecule has 40 heavy (non-hydrogen) atoms. The molecule has 0 spiro atoms. The highest BCUT2D eigenvalue weighted by atomic mass is 16.2. The minimum absolute atomic E-state index is 0.145. The lowest BCUT2D eigenvalue weighted by Crippen LogP contribution is -2.20. The number of hydrogen-bond donors (Lipinski definition) is 2. The van der Waals surface area contributed by atoms with Crippen molar-refractivity contribution < 1.29 is 9.59 Å². The SMILES string of the molecule is O=C(CCCCCCC(=O)N/N=C(\c1ccccc1)c1cccnc1)N/N=C(\c1ccccc1)c1cccnc1. The second-order valence-electron chi connectivity index (χ2n) is 9.12. The number of nitrogens with zero attached hydrogens (tertiary/aromatic N) is 4. The van der Waals surface area contributed by atoms with E-state index in [0.29, 0.717) is 37.1 Å². The standard InChI is InChI=1S/C32H32N6O2/c39-29(35-37-31(25-13-5-3-6-14-25)27-17-11-21-33-23-27)19-9-1-2-10-20-30(40)36-38-32(26-15-7-4-8-16-26)28-18-12-22-34-24-28/h3-8,11-18,21-24H,1-2,9-10,19-20H2,(H,35,39)(H,36,40)/b37-31+,38-32+. The third kappa shape index (κ3) is 8.80. The summed E-state index contributed by atoms with van der Waals surface area (Å²) in [5, 5.41) is 8.78. The molecule has 0 aliphatic heterocycles. The van der Waals surface area contributed by atoms with Crippen molar-refractivity contribution in [3.63, 3.8) is 0 Å². The zero-order valence-electron chi connectivity index (χ0n) is 22.2. The van der Waals surface area contributed by atoms with Crippen molar-refractivity contribution in [2.24, 2.45) is 10.2 Å². The van der Waals surface area contributed by atoms with Gasteiger partial charge in [0.1, 0.15) is 0 Å². The van der Waals surface area contributed by atoms with E-state index in [-0.39, 0.29) is 11.8 Å². The molecule has 202 valence electrons. The number of nitrogens with one attached hydrogen (secondary N) is 2. The van der Waals surface area contributed by atoms with Crippen LogP contribution in [0.1, 0.15) is 60.8 Å². The Hall–Kier alpha value is -4.98. The van der Waals surface area contributed by atoms with Crippen molar-refractivity contribution in [1.29, 1.82) is 0 Å². The van der Waals surface area contributed by atoms with E-state index in [1.165, 1.54) is 0 Å². The summed E-state index contributed by atoms with van der Waals surface area (Å²) < 4.78 is 0. The first-order valence-electron chi connectivity index (χ1n) is 13.4. The van der Waals surface area contributed by atoms with Crippen LogP contribution in [0, 0.1) is 0 Å². The first-order chi connectivity index (χ1) is 19.7. The lowest BCUT2D eigenvalue weighted by molar-refractivity contribution is -0.122. The highest BCUT2D eigenvalue weighted by Crippen LogP contribution is 2.11. The Labute approximate surface area is 234 Å². The summed E-state index contributed by atoms with van der Waals surface area (Å²) in [4.78, 5) is 33.2. The van der Waals surface area contributed by atoms with Crippen LogP contribution in [0.4, 0.5) is 0 Å². The number of carbonyl (C=O) groups excluding carboxylic acids is 2. The van der Waals surface area contributed by atoms with Crippen molar-refractivity contribution in [3.05, 3.63) is 132 Å². The highest BCUT2D eigenvalue weighted by Gasteiger charge is 2.10. The smallest absolute Gasteiger partial charge is 0.240 e. The van der Waals surface area contributed by atoms with E-state index in [1.54, 1.807) is 24.8 Å². The number of unbranched alkanes of at least 4 members (excludes halogenated alkanes) is 3. The fourth-order valence-electron chi connectivity index (χ4n) is 4.06. The molecule has 2 aromatic carbocycles. The van der Waals surface area contributed by atoms with E-state index in [0.717, 1.165) is 35.1 Å². The summed E-state index contributed by atoms with van der Waals surface area (Å²) in [7, 11) is 0. The third-order valence-corrected chi connectivity index (χ3v) is 6.11. The number of aromatic nitrogens is 2. The fourth-order valence-corrected chi connectivity index (χ4v) is 4.06. The van der Waals surface area contributed by atoms with Gasteiger partial charge in [0.15, 0.2) is 0 Å². The molecular weight excluding hydrogens is 500 g/mol. The minimum Gasteiger partial charge on any atom is -0.273 e. The molecular formula is C32H32N6O2. The van der Waals surface area contributed by atoms with Gasteiger partial charge in [-0.3, -0.25) is 19.6 Å². The summed E-state index contributed by atoms with van der Waals surface area (Å²) >= 11 is 0. The van der Waals surface area contributed by atoms with Gasteiger partial charge >= 0.3 is 0 Å². The van der Waals surface area contributed by atoms with E-state index in [9.17, 15) is 9.59 Å². The van der Waals surface area contributed by atoms with Crippen LogP contribution >= 0.6 is 0 Å². The van der Waals surface area contributed by atoms with Crippen LogP contribution in [0.5, 0.6) is 0 Å². The summed E-state index contributed by atoms with van der Waals surface area (Å²) in [5.74, 6) is -0.290. The zero-order chi connectivity index (χ0) is 27.8. The summed E-state index contributed by atoms with van der Waals surface area (Å²) in [5.41, 5.74) is 10.1. The molecule has 4 aromatic rings. The highest BCUT2D eigenvalue weighted by molar-refractivity contribution is 6.13. The topological polar surface area (TPSA) is 109 Å². The quantitative estimate of drug-likeness (QED) is 0.139. The summed E-state index contributed by atoms with van der Waals surface area (Å²) in [6.45, 7) is 0. The Morgan fingerprint density at radius 2 is 0.925 bits per heavy atom. The maximum atomic E-state index is 12.4. The van der Waals surface area contributed by atoms with Crippen molar-refractivity contribution >= 4 is 23.2 Å². The lowest BCUT2D eigenvalue weighted by Gasteiger charge is -2.08. The molecule has 0 aliphatic carbocycles. The van der Waals surface area contributed by atoms with Gasteiger partial charge in [0, 0.05) is 59.9 Å². The van der Waals surface area contributed by atoms with Gasteiger partial charge in [-0.2, -0.15) is 10.2 Å². The molecule has 8 heteroatoms. The van der Waals surface area contributed by atoms with Gasteiger partial charge in [0.05, 0.1) is 11.4 Å². The lowest BCUT2D eigenvalue weighted by atomic mass is 10.0. The first kappa shape index (κ1) is 28.0. The first-order valence-corrected chi connectivity index (χ1v) is 13.4. The third-order valence-electron chi connectivity index (χ3n) is 6.11. The van der Waals surface area contributed by atoms with E-state index in [4.69, 9.17) is 0 Å². The predicted octanol–water partition coefficient (Wildman–Crippen LogP) is 5.25. The van der Waals surface area contributed by atoms with Crippen LogP contribution in [0.2, 0.25) is 0 Å². The normalized spacial score (nSPS) is 11.6. The Morgan fingerprint density at radius 3 is 1.30 bits per heavy atom.